The van der Waals surface area contributed by atoms with Crippen LogP contribution < -0.4 is 15.4 Å². The normalized spacial score (nSPS) is 10.6. The number of benzene rings is 1. The molecule has 0 unspecified atom stereocenters. The van der Waals surface area contributed by atoms with Gasteiger partial charge >= 0.3 is 6.61 Å². The fourth-order valence-corrected chi connectivity index (χ4v) is 2.18. The van der Waals surface area contributed by atoms with Gasteiger partial charge in [-0.1, -0.05) is 12.1 Å². The molecular weight excluding hydrogens is 322 g/mol. The lowest BCUT2D eigenvalue weighted by molar-refractivity contribution is -0.0493. The van der Waals surface area contributed by atoms with Crippen LogP contribution in [-0.2, 0) is 6.54 Å². The van der Waals surface area contributed by atoms with Gasteiger partial charge in [-0.05, 0) is 43.8 Å². The van der Waals surface area contributed by atoms with Crippen LogP contribution in [0.15, 0.2) is 36.5 Å². The van der Waals surface area contributed by atoms with Gasteiger partial charge in [0.1, 0.15) is 5.75 Å². The van der Waals surface area contributed by atoms with Crippen LogP contribution in [0.4, 0.5) is 14.5 Å². The second kappa shape index (κ2) is 8.42. The molecule has 1 aromatic carbocycles. The molecule has 1 heterocycles. The molecular formula is C15H18F2N4OS. The van der Waals surface area contributed by atoms with E-state index in [0.717, 1.165) is 18.7 Å². The molecule has 0 aliphatic heterocycles. The third-order valence-electron chi connectivity index (χ3n) is 2.97. The Morgan fingerprint density at radius 2 is 2.13 bits per heavy atom. The predicted molar refractivity (Wildman–Crippen MR) is 88.9 cm³/mol. The standard InChI is InChI=1S/C15H18F2N4OS/c1-11-7-10-21(20-11)9-4-8-18-15(23)19-12-5-2-3-6-13(12)22-14(16)17/h2-3,5-7,10,14H,4,8-9H2,1H3,(H2,18,19,23). The van der Waals surface area contributed by atoms with Crippen LogP contribution in [0.3, 0.4) is 0 Å². The zero-order chi connectivity index (χ0) is 16.7. The van der Waals surface area contributed by atoms with Crippen LogP contribution in [0.1, 0.15) is 12.1 Å². The van der Waals surface area contributed by atoms with Gasteiger partial charge in [0.15, 0.2) is 5.11 Å². The fraction of sp³-hybridized carbons (Fsp3) is 0.333. The number of alkyl halides is 2. The molecule has 2 N–H and O–H groups in total. The van der Waals surface area contributed by atoms with E-state index in [4.69, 9.17) is 12.2 Å². The number of thiocarbonyl (C=S) groups is 1. The zero-order valence-corrected chi connectivity index (χ0v) is 13.4. The minimum atomic E-state index is -2.88. The first kappa shape index (κ1) is 17.1. The lowest BCUT2D eigenvalue weighted by atomic mass is 10.3. The van der Waals surface area contributed by atoms with E-state index < -0.39 is 6.61 Å². The number of ether oxygens (including phenoxy) is 1. The maximum atomic E-state index is 12.3. The average molecular weight is 340 g/mol. The van der Waals surface area contributed by atoms with Gasteiger partial charge in [0.2, 0.25) is 0 Å². The largest absolute Gasteiger partial charge is 0.433 e. The first-order chi connectivity index (χ1) is 11.0. The maximum absolute atomic E-state index is 12.3. The third-order valence-corrected chi connectivity index (χ3v) is 3.22. The van der Waals surface area contributed by atoms with Gasteiger partial charge in [-0.15, -0.1) is 0 Å². The summed E-state index contributed by atoms with van der Waals surface area (Å²) < 4.78 is 31.0. The number of aryl methyl sites for hydroxylation is 2. The second-order valence-corrected chi connectivity index (χ2v) is 5.24. The van der Waals surface area contributed by atoms with Crippen LogP contribution in [-0.4, -0.2) is 28.0 Å². The molecule has 124 valence electrons. The van der Waals surface area contributed by atoms with E-state index in [1.165, 1.54) is 6.07 Å². The molecule has 0 fully saturated rings. The van der Waals surface area contributed by atoms with Crippen molar-refractivity contribution >= 4 is 23.0 Å². The van der Waals surface area contributed by atoms with Crippen molar-refractivity contribution in [3.05, 3.63) is 42.2 Å². The van der Waals surface area contributed by atoms with Gasteiger partial charge in [-0.25, -0.2) is 0 Å². The van der Waals surface area contributed by atoms with Crippen LogP contribution >= 0.6 is 12.2 Å². The molecule has 0 saturated carbocycles. The molecule has 0 atom stereocenters. The minimum Gasteiger partial charge on any atom is -0.433 e. The van der Waals surface area contributed by atoms with E-state index in [0.29, 0.717) is 17.3 Å². The highest BCUT2D eigenvalue weighted by molar-refractivity contribution is 7.80. The van der Waals surface area contributed by atoms with Crippen molar-refractivity contribution < 1.29 is 13.5 Å². The Kier molecular flexibility index (Phi) is 6.28. The highest BCUT2D eigenvalue weighted by Crippen LogP contribution is 2.25. The van der Waals surface area contributed by atoms with Crippen molar-refractivity contribution in [2.45, 2.75) is 26.5 Å². The van der Waals surface area contributed by atoms with Crippen LogP contribution in [0.25, 0.3) is 0 Å². The Bertz CT molecular complexity index is 648. The summed E-state index contributed by atoms with van der Waals surface area (Å²) in [5.41, 5.74) is 1.37. The minimum absolute atomic E-state index is 0.0543. The van der Waals surface area contributed by atoms with Crippen LogP contribution in [0.2, 0.25) is 0 Å². The van der Waals surface area contributed by atoms with Gasteiger partial charge in [-0.3, -0.25) is 4.68 Å². The predicted octanol–water partition coefficient (Wildman–Crippen LogP) is 3.17. The number of aromatic nitrogens is 2. The molecule has 5 nitrogen and oxygen atoms in total. The number of halogens is 2. The first-order valence-electron chi connectivity index (χ1n) is 7.13. The summed E-state index contributed by atoms with van der Waals surface area (Å²) in [6, 6.07) is 8.35. The van der Waals surface area contributed by atoms with Gasteiger partial charge < -0.3 is 15.4 Å². The van der Waals surface area contributed by atoms with E-state index in [9.17, 15) is 8.78 Å². The van der Waals surface area contributed by atoms with Gasteiger partial charge in [0.05, 0.1) is 11.4 Å². The zero-order valence-electron chi connectivity index (χ0n) is 12.6. The second-order valence-electron chi connectivity index (χ2n) is 4.83. The fourth-order valence-electron chi connectivity index (χ4n) is 1.97. The summed E-state index contributed by atoms with van der Waals surface area (Å²) in [4.78, 5) is 0. The number of rotatable bonds is 7. The summed E-state index contributed by atoms with van der Waals surface area (Å²) >= 11 is 5.16. The quantitative estimate of drug-likeness (QED) is 0.599. The number of nitrogens with zero attached hydrogens (tertiary/aromatic N) is 2. The Balaban J connectivity index is 1.76. The lowest BCUT2D eigenvalue weighted by Crippen LogP contribution is -2.30. The highest BCUT2D eigenvalue weighted by atomic mass is 32.1. The lowest BCUT2D eigenvalue weighted by Gasteiger charge is -2.14. The van der Waals surface area contributed by atoms with Crippen molar-refractivity contribution in [1.29, 1.82) is 0 Å². The topological polar surface area (TPSA) is 51.1 Å². The van der Waals surface area contributed by atoms with Gasteiger partial charge in [0.25, 0.3) is 0 Å². The Morgan fingerprint density at radius 3 is 2.83 bits per heavy atom. The molecule has 0 aliphatic rings. The number of hydrogen-bond donors (Lipinski definition) is 2. The Morgan fingerprint density at radius 1 is 1.35 bits per heavy atom. The molecule has 23 heavy (non-hydrogen) atoms. The van der Waals surface area contributed by atoms with Crippen LogP contribution in [0, 0.1) is 6.92 Å². The summed E-state index contributed by atoms with van der Waals surface area (Å²) in [7, 11) is 0. The van der Waals surface area contributed by atoms with E-state index in [2.05, 4.69) is 20.5 Å². The molecule has 2 aromatic rings. The van der Waals surface area contributed by atoms with Crippen LogP contribution in [0.5, 0.6) is 5.75 Å². The number of nitrogens with one attached hydrogen (secondary N) is 2. The maximum Gasteiger partial charge on any atom is 0.387 e. The van der Waals surface area contributed by atoms with Crippen molar-refractivity contribution in [3.8, 4) is 5.75 Å². The van der Waals surface area contributed by atoms with Crippen molar-refractivity contribution in [2.24, 2.45) is 0 Å². The number of para-hydroxylation sites is 2. The van der Waals surface area contributed by atoms with Crippen molar-refractivity contribution in [2.75, 3.05) is 11.9 Å². The smallest absolute Gasteiger partial charge is 0.387 e. The molecule has 0 amide bonds. The number of anilines is 1. The van der Waals surface area contributed by atoms with Gasteiger partial charge in [-0.2, -0.15) is 13.9 Å². The van der Waals surface area contributed by atoms with Crippen molar-refractivity contribution in [3.63, 3.8) is 0 Å². The molecule has 2 rings (SSSR count). The van der Waals surface area contributed by atoms with E-state index in [1.807, 2.05) is 23.9 Å². The third kappa shape index (κ3) is 5.82. The van der Waals surface area contributed by atoms with Crippen molar-refractivity contribution in [1.82, 2.24) is 15.1 Å². The summed E-state index contributed by atoms with van der Waals surface area (Å²) in [6.45, 7) is 0.473. The summed E-state index contributed by atoms with van der Waals surface area (Å²) in [6.07, 6.45) is 2.75. The first-order valence-corrected chi connectivity index (χ1v) is 7.54. The molecule has 0 saturated heterocycles. The van der Waals surface area contributed by atoms with E-state index in [1.54, 1.807) is 18.2 Å². The SMILES string of the molecule is Cc1ccn(CCCNC(=S)Nc2ccccc2OC(F)F)n1. The summed E-state index contributed by atoms with van der Waals surface area (Å²) in [5, 5.41) is 10.5. The molecule has 1 aromatic heterocycles. The molecule has 0 aliphatic carbocycles. The van der Waals surface area contributed by atoms with E-state index in [-0.39, 0.29) is 5.75 Å². The van der Waals surface area contributed by atoms with E-state index >= 15 is 0 Å². The summed E-state index contributed by atoms with van der Waals surface area (Å²) in [5.74, 6) is 0.0543. The molecule has 8 heteroatoms. The highest BCUT2D eigenvalue weighted by Gasteiger charge is 2.09. The Labute approximate surface area is 138 Å². The molecule has 0 radical (unpaired) electrons. The Hall–Kier alpha value is -2.22. The average Bonchev–Trinajstić information content (AvgIpc) is 2.91. The van der Waals surface area contributed by atoms with Gasteiger partial charge in [0, 0.05) is 19.3 Å². The monoisotopic (exact) mass is 340 g/mol. The molecule has 0 bridgehead atoms. The molecule has 0 spiro atoms. The number of hydrogen-bond acceptors (Lipinski definition) is 3.